The molecule has 1 aliphatic heterocycles. The third kappa shape index (κ3) is 3.67. The smallest absolute Gasteiger partial charge is 0.347 e. The minimum atomic E-state index is -3.48. The first-order valence-electron chi connectivity index (χ1n) is 6.47. The van der Waals surface area contributed by atoms with Crippen molar-refractivity contribution in [3.05, 3.63) is 35.9 Å². The first kappa shape index (κ1) is 16.9. The van der Waals surface area contributed by atoms with Crippen LogP contribution in [-0.4, -0.2) is 25.0 Å². The molecule has 0 aliphatic carbocycles. The van der Waals surface area contributed by atoms with E-state index in [1.807, 2.05) is 6.92 Å². The van der Waals surface area contributed by atoms with Gasteiger partial charge in [-0.2, -0.15) is 8.78 Å². The largest absolute Gasteiger partial charge is 0.349 e. The van der Waals surface area contributed by atoms with Crippen LogP contribution in [0.3, 0.4) is 0 Å². The van der Waals surface area contributed by atoms with Crippen LogP contribution >= 0.6 is 12.4 Å². The van der Waals surface area contributed by atoms with Crippen molar-refractivity contribution in [1.29, 1.82) is 0 Å². The van der Waals surface area contributed by atoms with Crippen LogP contribution < -0.4 is 10.6 Å². The van der Waals surface area contributed by atoms with E-state index in [-0.39, 0.29) is 29.9 Å². The van der Waals surface area contributed by atoms with Crippen LogP contribution in [0.4, 0.5) is 8.78 Å². The molecule has 1 fully saturated rings. The Morgan fingerprint density at radius 3 is 2.60 bits per heavy atom. The molecule has 1 amide bonds. The summed E-state index contributed by atoms with van der Waals surface area (Å²) in [6.07, 6.45) is 0.678. The number of carbonyl (C=O) groups excluding carboxylic acids is 1. The molecule has 2 atom stereocenters. The highest BCUT2D eigenvalue weighted by Gasteiger charge is 2.42. The van der Waals surface area contributed by atoms with Crippen molar-refractivity contribution in [2.45, 2.75) is 25.3 Å². The summed E-state index contributed by atoms with van der Waals surface area (Å²) in [6, 6.07) is 7.00. The molecule has 6 heteroatoms. The Morgan fingerprint density at radius 1 is 1.35 bits per heavy atom. The highest BCUT2D eigenvalue weighted by molar-refractivity contribution is 5.85. The zero-order valence-electron chi connectivity index (χ0n) is 11.2. The Hall–Kier alpha value is -1.20. The summed E-state index contributed by atoms with van der Waals surface area (Å²) in [5.41, 5.74) is -0.269. The van der Waals surface area contributed by atoms with Gasteiger partial charge >= 0.3 is 5.92 Å². The Bertz CT molecular complexity index is 442. The van der Waals surface area contributed by atoms with Crippen molar-refractivity contribution in [2.75, 3.05) is 13.1 Å². The molecule has 1 aromatic carbocycles. The summed E-state index contributed by atoms with van der Waals surface area (Å²) in [7, 11) is 0. The van der Waals surface area contributed by atoms with Crippen LogP contribution in [0.5, 0.6) is 0 Å². The molecule has 1 heterocycles. The molecule has 1 aromatic rings. The van der Waals surface area contributed by atoms with E-state index in [9.17, 15) is 13.6 Å². The molecule has 112 valence electrons. The van der Waals surface area contributed by atoms with Crippen molar-refractivity contribution in [3.8, 4) is 0 Å². The normalized spacial score (nSPS) is 22.8. The van der Waals surface area contributed by atoms with Crippen molar-refractivity contribution in [3.63, 3.8) is 0 Å². The first-order chi connectivity index (χ1) is 9.01. The minimum absolute atomic E-state index is 0. The number of benzene rings is 1. The van der Waals surface area contributed by atoms with E-state index in [0.717, 1.165) is 13.1 Å². The molecule has 2 rings (SSSR count). The number of hydrogen-bond acceptors (Lipinski definition) is 2. The van der Waals surface area contributed by atoms with Crippen molar-refractivity contribution >= 4 is 18.3 Å². The molecule has 0 radical (unpaired) electrons. The number of piperidine rings is 1. The van der Waals surface area contributed by atoms with Gasteiger partial charge < -0.3 is 10.6 Å². The Balaban J connectivity index is 0.00000200. The summed E-state index contributed by atoms with van der Waals surface area (Å²) in [5, 5.41) is 5.65. The lowest BCUT2D eigenvalue weighted by molar-refractivity contribution is -0.148. The zero-order valence-corrected chi connectivity index (χ0v) is 12.1. The summed E-state index contributed by atoms with van der Waals surface area (Å²) in [5.74, 6) is -4.53. The van der Waals surface area contributed by atoms with Crippen LogP contribution in [0.15, 0.2) is 30.3 Å². The predicted octanol–water partition coefficient (Wildman–Crippen LogP) is 2.31. The monoisotopic (exact) mass is 304 g/mol. The SMILES string of the molecule is CC1CNCCC1NC(=O)C(F)(F)c1ccccc1.Cl. The van der Waals surface area contributed by atoms with E-state index in [2.05, 4.69) is 10.6 Å². The van der Waals surface area contributed by atoms with Crippen molar-refractivity contribution in [2.24, 2.45) is 5.92 Å². The number of amides is 1. The van der Waals surface area contributed by atoms with Crippen LogP contribution in [-0.2, 0) is 10.7 Å². The van der Waals surface area contributed by atoms with Gasteiger partial charge in [0.1, 0.15) is 0 Å². The maximum absolute atomic E-state index is 14.0. The summed E-state index contributed by atoms with van der Waals surface area (Å²) < 4.78 is 28.0. The van der Waals surface area contributed by atoms with Gasteiger partial charge in [0.2, 0.25) is 0 Å². The maximum Gasteiger partial charge on any atom is 0.349 e. The maximum atomic E-state index is 14.0. The van der Waals surface area contributed by atoms with Crippen molar-refractivity contribution in [1.82, 2.24) is 10.6 Å². The fourth-order valence-corrected chi connectivity index (χ4v) is 2.27. The topological polar surface area (TPSA) is 41.1 Å². The van der Waals surface area contributed by atoms with E-state index >= 15 is 0 Å². The van der Waals surface area contributed by atoms with Gasteiger partial charge in [-0.3, -0.25) is 4.79 Å². The average molecular weight is 305 g/mol. The average Bonchev–Trinajstić information content (AvgIpc) is 2.42. The lowest BCUT2D eigenvalue weighted by atomic mass is 9.94. The third-order valence-corrected chi connectivity index (χ3v) is 3.52. The highest BCUT2D eigenvalue weighted by atomic mass is 35.5. The molecule has 1 saturated heterocycles. The number of rotatable bonds is 3. The molecule has 2 N–H and O–H groups in total. The lowest BCUT2D eigenvalue weighted by Crippen LogP contribution is -2.51. The Kier molecular flexibility index (Phi) is 5.89. The van der Waals surface area contributed by atoms with Gasteiger partial charge in [-0.1, -0.05) is 37.3 Å². The van der Waals surface area contributed by atoms with Gasteiger partial charge in [0, 0.05) is 11.6 Å². The fraction of sp³-hybridized carbons (Fsp3) is 0.500. The molecule has 0 saturated carbocycles. The number of halogens is 3. The van der Waals surface area contributed by atoms with Crippen LogP contribution in [0.1, 0.15) is 18.9 Å². The standard InChI is InChI=1S/C14H18F2N2O.ClH/c1-10-9-17-8-7-12(10)18-13(19)14(15,16)11-5-3-2-4-6-11;/h2-6,10,12,17H,7-9H2,1H3,(H,18,19);1H. The van der Waals surface area contributed by atoms with Gasteiger partial charge in [-0.15, -0.1) is 12.4 Å². The molecule has 0 spiro atoms. The molecule has 3 nitrogen and oxygen atoms in total. The van der Waals surface area contributed by atoms with Gasteiger partial charge in [0.15, 0.2) is 0 Å². The van der Waals surface area contributed by atoms with Crippen LogP contribution in [0.2, 0.25) is 0 Å². The fourth-order valence-electron chi connectivity index (χ4n) is 2.27. The van der Waals surface area contributed by atoms with Crippen LogP contribution in [0.25, 0.3) is 0 Å². The second-order valence-corrected chi connectivity index (χ2v) is 4.99. The van der Waals surface area contributed by atoms with Gasteiger partial charge in [0.05, 0.1) is 0 Å². The molecule has 0 bridgehead atoms. The van der Waals surface area contributed by atoms with E-state index in [0.29, 0.717) is 6.42 Å². The minimum Gasteiger partial charge on any atom is -0.347 e. The summed E-state index contributed by atoms with van der Waals surface area (Å²) >= 11 is 0. The van der Waals surface area contributed by atoms with E-state index in [1.165, 1.54) is 24.3 Å². The van der Waals surface area contributed by atoms with Gasteiger partial charge in [-0.25, -0.2) is 0 Å². The van der Waals surface area contributed by atoms with E-state index < -0.39 is 11.8 Å². The molecular weight excluding hydrogens is 286 g/mol. The molecule has 1 aliphatic rings. The molecule has 0 aromatic heterocycles. The van der Waals surface area contributed by atoms with Crippen LogP contribution in [0, 0.1) is 5.92 Å². The quantitative estimate of drug-likeness (QED) is 0.900. The van der Waals surface area contributed by atoms with Crippen molar-refractivity contribution < 1.29 is 13.6 Å². The second-order valence-electron chi connectivity index (χ2n) is 4.99. The molecular formula is C14H19ClF2N2O. The lowest BCUT2D eigenvalue weighted by Gasteiger charge is -2.31. The number of carbonyl (C=O) groups is 1. The molecule has 2 unspecified atom stereocenters. The third-order valence-electron chi connectivity index (χ3n) is 3.52. The Morgan fingerprint density at radius 2 is 2.00 bits per heavy atom. The highest BCUT2D eigenvalue weighted by Crippen LogP contribution is 2.28. The van der Waals surface area contributed by atoms with E-state index in [4.69, 9.17) is 0 Å². The number of alkyl halides is 2. The predicted molar refractivity (Wildman–Crippen MR) is 76.2 cm³/mol. The zero-order chi connectivity index (χ0) is 13.9. The number of nitrogens with one attached hydrogen (secondary N) is 2. The van der Waals surface area contributed by atoms with E-state index in [1.54, 1.807) is 6.07 Å². The Labute approximate surface area is 123 Å². The van der Waals surface area contributed by atoms with Gasteiger partial charge in [-0.05, 0) is 25.4 Å². The summed E-state index contributed by atoms with van der Waals surface area (Å²) in [4.78, 5) is 11.8. The number of hydrogen-bond donors (Lipinski definition) is 2. The second kappa shape index (κ2) is 6.99. The molecule has 20 heavy (non-hydrogen) atoms. The van der Waals surface area contributed by atoms with Gasteiger partial charge in [0.25, 0.3) is 5.91 Å². The summed E-state index contributed by atoms with van der Waals surface area (Å²) in [6.45, 7) is 3.42. The first-order valence-corrected chi connectivity index (χ1v) is 6.47.